The number of aromatic nitrogens is 1. The van der Waals surface area contributed by atoms with Gasteiger partial charge in [-0.25, -0.2) is 4.99 Å². The van der Waals surface area contributed by atoms with Crippen molar-refractivity contribution in [1.29, 1.82) is 0 Å². The van der Waals surface area contributed by atoms with Gasteiger partial charge in [0.2, 0.25) is 0 Å². The van der Waals surface area contributed by atoms with Crippen LogP contribution >= 0.6 is 0 Å². The fraction of sp³-hybridized carbons (Fsp3) is 0.0385. The second-order valence-electron chi connectivity index (χ2n) is 8.08. The molecule has 0 spiro atoms. The average molecular weight is 385 g/mol. The second-order valence-corrected chi connectivity index (χ2v) is 8.08. The summed E-state index contributed by atoms with van der Waals surface area (Å²) in [4.78, 5) is 5.12. The van der Waals surface area contributed by atoms with Crippen molar-refractivity contribution in [3.63, 3.8) is 0 Å². The van der Waals surface area contributed by atoms with Gasteiger partial charge in [-0.05, 0) is 24.3 Å². The Hall–Kier alpha value is -4.05. The maximum absolute atomic E-state index is 6.42. The van der Waals surface area contributed by atoms with Gasteiger partial charge >= 0.3 is 0 Å². The van der Waals surface area contributed by atoms with E-state index in [1.807, 2.05) is 18.2 Å². The van der Waals surface area contributed by atoms with E-state index in [-0.39, 0.29) is 6.04 Å². The van der Waals surface area contributed by atoms with Crippen LogP contribution in [0.4, 0.5) is 11.5 Å². The summed E-state index contributed by atoms with van der Waals surface area (Å²) in [7, 11) is 0. The Morgan fingerprint density at radius 1 is 0.900 bits per heavy atom. The van der Waals surface area contributed by atoms with E-state index >= 15 is 0 Å². The van der Waals surface area contributed by atoms with Crippen LogP contribution in [0.25, 0.3) is 49.1 Å². The van der Waals surface area contributed by atoms with E-state index < -0.39 is 0 Å². The molecule has 1 unspecified atom stereocenters. The first-order valence-corrected chi connectivity index (χ1v) is 10.2. The maximum Gasteiger partial charge on any atom is 0.147 e. The van der Waals surface area contributed by atoms with Crippen LogP contribution in [0.1, 0.15) is 0 Å². The number of benzene rings is 3. The van der Waals surface area contributed by atoms with Gasteiger partial charge in [0.25, 0.3) is 0 Å². The summed E-state index contributed by atoms with van der Waals surface area (Å²) in [5.41, 5.74) is 6.20. The standard InChI is InChI=1S/C26H15N3O/c1-5-11-20-14(7-1)16-13-17-15-8-2-6-12-21(15)30-25(17)22-23-26(29(20)24(16)22)28-19-10-4-3-9-18(19)27-23/h1-13,19,28H. The molecule has 3 aromatic heterocycles. The predicted octanol–water partition coefficient (Wildman–Crippen LogP) is 6.58. The minimum atomic E-state index is 0.0884. The molecule has 0 fully saturated rings. The van der Waals surface area contributed by atoms with Crippen LogP contribution in [0.3, 0.4) is 0 Å². The van der Waals surface area contributed by atoms with Crippen molar-refractivity contribution in [3.05, 3.63) is 78.9 Å². The van der Waals surface area contributed by atoms with Gasteiger partial charge in [-0.1, -0.05) is 54.6 Å². The number of hydrogen-bond acceptors (Lipinski definition) is 3. The van der Waals surface area contributed by atoms with Gasteiger partial charge < -0.3 is 9.73 Å². The number of anilines is 1. The molecule has 30 heavy (non-hydrogen) atoms. The van der Waals surface area contributed by atoms with Crippen molar-refractivity contribution < 1.29 is 4.42 Å². The van der Waals surface area contributed by atoms with Crippen molar-refractivity contribution in [2.24, 2.45) is 4.99 Å². The third kappa shape index (κ3) is 1.59. The lowest BCUT2D eigenvalue weighted by Gasteiger charge is -2.23. The van der Waals surface area contributed by atoms with E-state index in [4.69, 9.17) is 9.41 Å². The number of aliphatic imine (C=N–C) groups is 1. The highest BCUT2D eigenvalue weighted by atomic mass is 16.3. The van der Waals surface area contributed by atoms with Gasteiger partial charge in [0.15, 0.2) is 0 Å². The Morgan fingerprint density at radius 3 is 2.73 bits per heavy atom. The van der Waals surface area contributed by atoms with Crippen molar-refractivity contribution in [2.75, 3.05) is 5.32 Å². The first-order valence-electron chi connectivity index (χ1n) is 10.2. The smallest absolute Gasteiger partial charge is 0.147 e. The number of nitrogens with zero attached hydrogens (tertiary/aromatic N) is 2. The first-order chi connectivity index (χ1) is 14.9. The molecule has 8 rings (SSSR count). The van der Waals surface area contributed by atoms with Crippen molar-refractivity contribution in [3.8, 4) is 0 Å². The SMILES string of the molecule is C1=CC2=Nc3c(n4c5ccccc5c5cc6c7ccccc7oc6c3c54)NC2C=C1. The molecule has 3 aromatic carbocycles. The summed E-state index contributed by atoms with van der Waals surface area (Å²) < 4.78 is 8.75. The molecule has 1 aliphatic heterocycles. The highest BCUT2D eigenvalue weighted by Gasteiger charge is 2.30. The van der Waals surface area contributed by atoms with E-state index in [2.05, 4.69) is 70.4 Å². The molecule has 4 heteroatoms. The summed E-state index contributed by atoms with van der Waals surface area (Å²) in [5, 5.41) is 9.61. The molecule has 1 atom stereocenters. The number of allylic oxidation sites excluding steroid dienone is 2. The highest BCUT2D eigenvalue weighted by Crippen LogP contribution is 2.50. The number of para-hydroxylation sites is 2. The zero-order valence-corrected chi connectivity index (χ0v) is 15.9. The number of rotatable bonds is 0. The zero-order valence-electron chi connectivity index (χ0n) is 15.9. The van der Waals surface area contributed by atoms with Crippen LogP contribution in [0.5, 0.6) is 0 Å². The Morgan fingerprint density at radius 2 is 1.77 bits per heavy atom. The molecule has 0 saturated carbocycles. The van der Waals surface area contributed by atoms with Gasteiger partial charge in [0.1, 0.15) is 22.7 Å². The number of furan rings is 1. The van der Waals surface area contributed by atoms with Crippen LogP contribution in [-0.4, -0.2) is 16.2 Å². The molecule has 6 aromatic rings. The van der Waals surface area contributed by atoms with E-state index in [0.717, 1.165) is 44.5 Å². The molecule has 4 nitrogen and oxygen atoms in total. The third-order valence-corrected chi connectivity index (χ3v) is 6.52. The molecule has 1 N–H and O–H groups in total. The zero-order chi connectivity index (χ0) is 19.4. The van der Waals surface area contributed by atoms with Crippen molar-refractivity contribution in [2.45, 2.75) is 6.04 Å². The van der Waals surface area contributed by atoms with Gasteiger partial charge in [-0.2, -0.15) is 0 Å². The Balaban J connectivity index is 1.69. The van der Waals surface area contributed by atoms with E-state index in [1.165, 1.54) is 21.8 Å². The highest BCUT2D eigenvalue weighted by molar-refractivity contribution is 6.31. The summed E-state index contributed by atoms with van der Waals surface area (Å²) >= 11 is 0. The van der Waals surface area contributed by atoms with Crippen molar-refractivity contribution in [1.82, 2.24) is 4.40 Å². The van der Waals surface area contributed by atoms with E-state index in [1.54, 1.807) is 0 Å². The van der Waals surface area contributed by atoms with Crippen LogP contribution < -0.4 is 5.32 Å². The van der Waals surface area contributed by atoms with Gasteiger partial charge in [0.05, 0.1) is 28.2 Å². The molecule has 140 valence electrons. The number of hydrogen-bond donors (Lipinski definition) is 1. The third-order valence-electron chi connectivity index (χ3n) is 6.52. The molecule has 0 radical (unpaired) electrons. The molecular weight excluding hydrogens is 370 g/mol. The number of nitrogens with one attached hydrogen (secondary N) is 1. The van der Waals surface area contributed by atoms with E-state index in [0.29, 0.717) is 0 Å². The molecule has 4 heterocycles. The van der Waals surface area contributed by atoms with Crippen LogP contribution in [0, 0.1) is 0 Å². The summed E-state index contributed by atoms with van der Waals surface area (Å²) in [6.07, 6.45) is 8.37. The van der Waals surface area contributed by atoms with Gasteiger partial charge in [0, 0.05) is 21.5 Å². The molecule has 0 bridgehead atoms. The van der Waals surface area contributed by atoms with E-state index in [9.17, 15) is 0 Å². The molecule has 0 amide bonds. The fourth-order valence-electron chi connectivity index (χ4n) is 5.26. The van der Waals surface area contributed by atoms with Crippen LogP contribution in [0.2, 0.25) is 0 Å². The molecule has 0 saturated heterocycles. The second kappa shape index (κ2) is 4.92. The first kappa shape index (κ1) is 14.9. The Kier molecular flexibility index (Phi) is 2.44. The lowest BCUT2D eigenvalue weighted by Crippen LogP contribution is -2.30. The molecule has 1 aliphatic carbocycles. The Labute approximate surface area is 170 Å². The average Bonchev–Trinajstić information content (AvgIpc) is 3.43. The minimum absolute atomic E-state index is 0.0884. The topological polar surface area (TPSA) is 41.9 Å². The summed E-state index contributed by atoms with van der Waals surface area (Å²) in [5.74, 6) is 1.04. The minimum Gasteiger partial charge on any atom is -0.455 e. The van der Waals surface area contributed by atoms with Gasteiger partial charge in [-0.3, -0.25) is 4.40 Å². The maximum atomic E-state index is 6.42. The molecular formula is C26H15N3O. The summed E-state index contributed by atoms with van der Waals surface area (Å²) in [6, 6.07) is 19.3. The normalized spacial score (nSPS) is 17.9. The lowest BCUT2D eigenvalue weighted by atomic mass is 10.0. The monoisotopic (exact) mass is 385 g/mol. The largest absolute Gasteiger partial charge is 0.455 e. The van der Waals surface area contributed by atoms with Gasteiger partial charge in [-0.15, -0.1) is 0 Å². The van der Waals surface area contributed by atoms with Crippen molar-refractivity contribution >= 4 is 66.3 Å². The molecule has 2 aliphatic rings. The predicted molar refractivity (Wildman–Crippen MR) is 124 cm³/mol. The number of fused-ring (bicyclic) bond motifs is 11. The summed E-state index contributed by atoms with van der Waals surface area (Å²) in [6.45, 7) is 0. The van der Waals surface area contributed by atoms with Crippen LogP contribution in [0.15, 0.2) is 88.3 Å². The van der Waals surface area contributed by atoms with Crippen LogP contribution in [-0.2, 0) is 0 Å². The lowest BCUT2D eigenvalue weighted by molar-refractivity contribution is 0.673. The fourth-order valence-corrected chi connectivity index (χ4v) is 5.26. The quantitative estimate of drug-likeness (QED) is 0.321. The Bertz CT molecular complexity index is 1780.